The molecular formula is C17H13Cl2N3O3. The van der Waals surface area contributed by atoms with Gasteiger partial charge in [-0.25, -0.2) is 0 Å². The lowest BCUT2D eigenvalue weighted by molar-refractivity contribution is -0.115. The van der Waals surface area contributed by atoms with Gasteiger partial charge in [0.2, 0.25) is 5.91 Å². The van der Waals surface area contributed by atoms with Gasteiger partial charge in [0.1, 0.15) is 5.75 Å². The number of hydrogen-bond acceptors (Lipinski definition) is 5. The number of nitrogens with zero attached hydrogens (tertiary/aromatic N) is 2. The molecule has 0 aliphatic heterocycles. The lowest BCUT2D eigenvalue weighted by Gasteiger charge is -2.05. The van der Waals surface area contributed by atoms with Crippen LogP contribution in [0, 0.1) is 0 Å². The van der Waals surface area contributed by atoms with Gasteiger partial charge in [0.25, 0.3) is 5.89 Å². The Balaban J connectivity index is 1.75. The van der Waals surface area contributed by atoms with Crippen molar-refractivity contribution in [3.8, 4) is 17.2 Å². The van der Waals surface area contributed by atoms with Crippen LogP contribution in [0.1, 0.15) is 5.82 Å². The molecule has 1 amide bonds. The number of benzene rings is 2. The van der Waals surface area contributed by atoms with Crippen LogP contribution in [0.15, 0.2) is 47.0 Å². The number of para-hydroxylation sites is 1. The van der Waals surface area contributed by atoms with Crippen molar-refractivity contribution in [1.29, 1.82) is 0 Å². The number of carbonyl (C=O) groups is 1. The first-order valence-corrected chi connectivity index (χ1v) is 8.03. The third kappa shape index (κ3) is 4.10. The number of ether oxygens (including phenoxy) is 1. The Morgan fingerprint density at radius 2 is 2.04 bits per heavy atom. The Labute approximate surface area is 153 Å². The van der Waals surface area contributed by atoms with Crippen LogP contribution >= 0.6 is 23.2 Å². The van der Waals surface area contributed by atoms with Crippen molar-refractivity contribution in [2.75, 3.05) is 12.4 Å². The maximum atomic E-state index is 12.1. The molecule has 0 saturated heterocycles. The van der Waals surface area contributed by atoms with Gasteiger partial charge >= 0.3 is 0 Å². The lowest BCUT2D eigenvalue weighted by Crippen LogP contribution is -2.15. The summed E-state index contributed by atoms with van der Waals surface area (Å²) in [5.41, 5.74) is 1.08. The number of halogens is 2. The third-order valence-electron chi connectivity index (χ3n) is 3.33. The van der Waals surface area contributed by atoms with E-state index >= 15 is 0 Å². The molecule has 0 atom stereocenters. The van der Waals surface area contributed by atoms with E-state index in [-0.39, 0.29) is 24.0 Å². The summed E-state index contributed by atoms with van der Waals surface area (Å²) in [7, 11) is 1.53. The highest BCUT2D eigenvalue weighted by Crippen LogP contribution is 2.31. The van der Waals surface area contributed by atoms with Crippen LogP contribution in [0.25, 0.3) is 11.5 Å². The van der Waals surface area contributed by atoms with Crippen molar-refractivity contribution in [2.24, 2.45) is 0 Å². The molecule has 0 aliphatic rings. The van der Waals surface area contributed by atoms with Crippen LogP contribution < -0.4 is 10.1 Å². The zero-order valence-electron chi connectivity index (χ0n) is 13.1. The summed E-state index contributed by atoms with van der Waals surface area (Å²) in [6.45, 7) is 0. The molecule has 1 aromatic heterocycles. The number of rotatable bonds is 5. The molecule has 25 heavy (non-hydrogen) atoms. The molecule has 0 unspecified atom stereocenters. The van der Waals surface area contributed by atoms with Gasteiger partial charge in [-0.3, -0.25) is 4.79 Å². The molecule has 0 radical (unpaired) electrons. The fraction of sp³-hybridized carbons (Fsp3) is 0.118. The van der Waals surface area contributed by atoms with Gasteiger partial charge in [-0.1, -0.05) is 40.5 Å². The monoisotopic (exact) mass is 377 g/mol. The molecule has 128 valence electrons. The van der Waals surface area contributed by atoms with E-state index in [9.17, 15) is 4.79 Å². The van der Waals surface area contributed by atoms with E-state index in [1.165, 1.54) is 7.11 Å². The summed E-state index contributed by atoms with van der Waals surface area (Å²) in [6.07, 6.45) is -0.0579. The van der Waals surface area contributed by atoms with Crippen LogP contribution in [0.4, 0.5) is 5.69 Å². The zero-order valence-corrected chi connectivity index (χ0v) is 14.6. The van der Waals surface area contributed by atoms with Gasteiger partial charge in [0.15, 0.2) is 5.82 Å². The van der Waals surface area contributed by atoms with Crippen LogP contribution in [-0.4, -0.2) is 23.2 Å². The Hall–Kier alpha value is -2.57. The minimum absolute atomic E-state index is 0.0579. The predicted molar refractivity (Wildman–Crippen MR) is 95.1 cm³/mol. The lowest BCUT2D eigenvalue weighted by atomic mass is 10.2. The van der Waals surface area contributed by atoms with Gasteiger partial charge in [0, 0.05) is 5.02 Å². The molecule has 0 bridgehead atoms. The van der Waals surface area contributed by atoms with Crippen molar-refractivity contribution in [1.82, 2.24) is 10.1 Å². The number of aromatic nitrogens is 2. The minimum Gasteiger partial charge on any atom is -0.496 e. The summed E-state index contributed by atoms with van der Waals surface area (Å²) in [5.74, 6) is 0.695. The van der Waals surface area contributed by atoms with Gasteiger partial charge < -0.3 is 14.6 Å². The third-order valence-corrected chi connectivity index (χ3v) is 3.89. The number of anilines is 1. The van der Waals surface area contributed by atoms with E-state index < -0.39 is 0 Å². The summed E-state index contributed by atoms with van der Waals surface area (Å²) < 4.78 is 10.5. The maximum absolute atomic E-state index is 12.1. The molecule has 1 N–H and O–H groups in total. The molecule has 6 nitrogen and oxygen atoms in total. The number of methoxy groups -OCH3 is 1. The molecule has 1 heterocycles. The summed E-state index contributed by atoms with van der Waals surface area (Å²) >= 11 is 12.0. The quantitative estimate of drug-likeness (QED) is 0.719. The molecule has 0 saturated carbocycles. The van der Waals surface area contributed by atoms with Crippen LogP contribution in [0.2, 0.25) is 10.0 Å². The van der Waals surface area contributed by atoms with Crippen molar-refractivity contribution in [2.45, 2.75) is 6.42 Å². The topological polar surface area (TPSA) is 77.2 Å². The zero-order chi connectivity index (χ0) is 17.8. The number of amides is 1. The normalized spacial score (nSPS) is 10.5. The SMILES string of the molecule is COc1ccc(Cl)cc1-c1nc(CC(=O)Nc2ccccc2Cl)no1. The second-order valence-corrected chi connectivity index (χ2v) is 5.91. The molecule has 3 aromatic rings. The van der Waals surface area contributed by atoms with Gasteiger partial charge in [-0.05, 0) is 30.3 Å². The fourth-order valence-electron chi connectivity index (χ4n) is 2.18. The van der Waals surface area contributed by atoms with Crippen molar-refractivity contribution in [3.05, 3.63) is 58.3 Å². The predicted octanol–water partition coefficient (Wildman–Crippen LogP) is 4.23. The first-order valence-electron chi connectivity index (χ1n) is 7.27. The molecule has 0 aliphatic carbocycles. The van der Waals surface area contributed by atoms with Crippen LogP contribution in [0.5, 0.6) is 5.75 Å². The van der Waals surface area contributed by atoms with Crippen LogP contribution in [0.3, 0.4) is 0 Å². The molecule has 0 spiro atoms. The van der Waals surface area contributed by atoms with E-state index in [4.69, 9.17) is 32.5 Å². The summed E-state index contributed by atoms with van der Waals surface area (Å²) in [4.78, 5) is 16.3. The fourth-order valence-corrected chi connectivity index (χ4v) is 2.54. The molecule has 8 heteroatoms. The Kier molecular flexibility index (Phi) is 5.21. The second kappa shape index (κ2) is 7.55. The smallest absolute Gasteiger partial charge is 0.261 e. The molecule has 3 rings (SSSR count). The van der Waals surface area contributed by atoms with E-state index in [0.29, 0.717) is 27.0 Å². The van der Waals surface area contributed by atoms with E-state index in [0.717, 1.165) is 0 Å². The number of carbonyl (C=O) groups excluding carboxylic acids is 1. The average Bonchev–Trinajstić information content (AvgIpc) is 3.05. The first kappa shape index (κ1) is 17.3. The second-order valence-electron chi connectivity index (χ2n) is 5.07. The highest BCUT2D eigenvalue weighted by molar-refractivity contribution is 6.33. The molecule has 2 aromatic carbocycles. The molecular weight excluding hydrogens is 365 g/mol. The maximum Gasteiger partial charge on any atom is 0.261 e. The highest BCUT2D eigenvalue weighted by Gasteiger charge is 2.16. The summed E-state index contributed by atoms with van der Waals surface area (Å²) in [6, 6.07) is 12.0. The molecule has 0 fully saturated rings. The van der Waals surface area contributed by atoms with Gasteiger partial charge in [-0.15, -0.1) is 0 Å². The van der Waals surface area contributed by atoms with Crippen molar-refractivity contribution < 1.29 is 14.1 Å². The average molecular weight is 378 g/mol. The van der Waals surface area contributed by atoms with Crippen molar-refractivity contribution >= 4 is 34.8 Å². The largest absolute Gasteiger partial charge is 0.496 e. The first-order chi connectivity index (χ1) is 12.1. The van der Waals surface area contributed by atoms with E-state index in [1.807, 2.05) is 0 Å². The van der Waals surface area contributed by atoms with E-state index in [2.05, 4.69) is 15.5 Å². The highest BCUT2D eigenvalue weighted by atomic mass is 35.5. The Morgan fingerprint density at radius 1 is 1.24 bits per heavy atom. The Morgan fingerprint density at radius 3 is 2.80 bits per heavy atom. The Bertz CT molecular complexity index is 912. The standard InChI is InChI=1S/C17H13Cl2N3O3/c1-24-14-7-6-10(18)8-11(14)17-21-15(22-25-17)9-16(23)20-13-5-3-2-4-12(13)19/h2-8H,9H2,1H3,(H,20,23). The van der Waals surface area contributed by atoms with Gasteiger partial charge in [0.05, 0.1) is 29.8 Å². The minimum atomic E-state index is -0.307. The van der Waals surface area contributed by atoms with Crippen LogP contribution in [-0.2, 0) is 11.2 Å². The van der Waals surface area contributed by atoms with Crippen molar-refractivity contribution in [3.63, 3.8) is 0 Å². The number of hydrogen-bond donors (Lipinski definition) is 1. The number of nitrogens with one attached hydrogen (secondary N) is 1. The van der Waals surface area contributed by atoms with E-state index in [1.54, 1.807) is 42.5 Å². The summed E-state index contributed by atoms with van der Waals surface area (Å²) in [5, 5.41) is 7.48. The van der Waals surface area contributed by atoms with Gasteiger partial charge in [-0.2, -0.15) is 4.98 Å².